The van der Waals surface area contributed by atoms with Gasteiger partial charge < -0.3 is 29.2 Å². The number of ether oxygens (including phenoxy) is 2. The molecule has 0 radical (unpaired) electrons. The first kappa shape index (κ1) is 37.0. The van der Waals surface area contributed by atoms with Crippen LogP contribution in [0.4, 0.5) is 0 Å². The van der Waals surface area contributed by atoms with Crippen LogP contribution < -0.4 is 0 Å². The topological polar surface area (TPSA) is 134 Å². The van der Waals surface area contributed by atoms with Gasteiger partial charge in [0.1, 0.15) is 24.3 Å². The normalized spacial score (nSPS) is 19.6. The van der Waals surface area contributed by atoms with Crippen molar-refractivity contribution >= 4 is 17.8 Å². The molecule has 0 bridgehead atoms. The van der Waals surface area contributed by atoms with Gasteiger partial charge in [0.2, 0.25) is 5.91 Å². The lowest BCUT2D eigenvalue weighted by Gasteiger charge is -2.35. The van der Waals surface area contributed by atoms with Crippen LogP contribution in [0.25, 0.3) is 33.6 Å². The van der Waals surface area contributed by atoms with E-state index in [0.29, 0.717) is 6.54 Å². The monoisotopic (exact) mass is 708 g/mol. The van der Waals surface area contributed by atoms with Gasteiger partial charge in [0.05, 0.1) is 36.9 Å². The summed E-state index contributed by atoms with van der Waals surface area (Å²) in [5.74, 6) is 1.05. The van der Waals surface area contributed by atoms with Gasteiger partial charge >= 0.3 is 5.97 Å². The maximum absolute atomic E-state index is 13.7. The zero-order valence-electron chi connectivity index (χ0n) is 31.2. The fourth-order valence-electron chi connectivity index (χ4n) is 7.83. The summed E-state index contributed by atoms with van der Waals surface area (Å²) >= 11 is 0. The summed E-state index contributed by atoms with van der Waals surface area (Å²) in [5, 5.41) is 0. The van der Waals surface area contributed by atoms with Gasteiger partial charge in [-0.15, -0.1) is 0 Å². The summed E-state index contributed by atoms with van der Waals surface area (Å²) in [4.78, 5) is 59.1. The number of amides is 2. The van der Waals surface area contributed by atoms with E-state index in [1.54, 1.807) is 12.0 Å². The molecular weight excluding hydrogens is 656 g/mol. The van der Waals surface area contributed by atoms with E-state index in [0.717, 1.165) is 83.8 Å². The van der Waals surface area contributed by atoms with Crippen LogP contribution >= 0.6 is 0 Å². The first-order valence-electron chi connectivity index (χ1n) is 18.6. The van der Waals surface area contributed by atoms with Crippen molar-refractivity contribution in [3.8, 4) is 33.6 Å². The second-order valence-electron chi connectivity index (χ2n) is 14.7. The Morgan fingerprint density at radius 3 is 1.90 bits per heavy atom. The van der Waals surface area contributed by atoms with E-state index >= 15 is 0 Å². The number of carbonyl (C=O) groups excluding carboxylic acids is 3. The van der Waals surface area contributed by atoms with Crippen LogP contribution in [0.5, 0.6) is 0 Å². The Kier molecular flexibility index (Phi) is 11.6. The molecule has 1 saturated carbocycles. The van der Waals surface area contributed by atoms with Crippen molar-refractivity contribution < 1.29 is 23.9 Å². The molecule has 2 amide bonds. The highest BCUT2D eigenvalue weighted by Crippen LogP contribution is 2.39. The van der Waals surface area contributed by atoms with Gasteiger partial charge in [0.25, 0.3) is 5.91 Å². The Bertz CT molecular complexity index is 1830. The average molecular weight is 709 g/mol. The highest BCUT2D eigenvalue weighted by molar-refractivity contribution is 5.85. The minimum absolute atomic E-state index is 0.0129. The predicted octanol–water partition coefficient (Wildman–Crippen LogP) is 7.15. The number of methoxy groups -OCH3 is 2. The summed E-state index contributed by atoms with van der Waals surface area (Å²) in [6.07, 6.45) is 8.71. The van der Waals surface area contributed by atoms with Crippen LogP contribution in [-0.4, -0.2) is 87.0 Å². The van der Waals surface area contributed by atoms with Gasteiger partial charge in [-0.1, -0.05) is 75.2 Å². The maximum atomic E-state index is 13.7. The molecule has 276 valence electrons. The van der Waals surface area contributed by atoms with Gasteiger partial charge in [0, 0.05) is 31.5 Å². The Morgan fingerprint density at radius 1 is 0.788 bits per heavy atom. The lowest BCUT2D eigenvalue weighted by Crippen LogP contribution is -2.46. The van der Waals surface area contributed by atoms with Crippen LogP contribution in [-0.2, 0) is 23.9 Å². The Labute approximate surface area is 306 Å². The molecular formula is C41H52N6O5. The van der Waals surface area contributed by atoms with E-state index in [9.17, 15) is 14.4 Å². The molecule has 52 heavy (non-hydrogen) atoms. The average Bonchev–Trinajstić information content (AvgIpc) is 3.95. The van der Waals surface area contributed by atoms with Crippen LogP contribution in [0.1, 0.15) is 89.8 Å². The zero-order chi connectivity index (χ0) is 36.9. The molecule has 1 aliphatic heterocycles. The summed E-state index contributed by atoms with van der Waals surface area (Å²) in [6.45, 7) is 8.53. The molecule has 11 heteroatoms. The molecule has 2 aromatic carbocycles. The van der Waals surface area contributed by atoms with E-state index in [-0.39, 0.29) is 48.2 Å². The fourth-order valence-corrected chi connectivity index (χ4v) is 7.83. The van der Waals surface area contributed by atoms with Crippen LogP contribution in [0.2, 0.25) is 0 Å². The quantitative estimate of drug-likeness (QED) is 0.149. The number of nitrogens with one attached hydrogen (secondary N) is 2. The van der Waals surface area contributed by atoms with Crippen LogP contribution in [0.15, 0.2) is 60.9 Å². The number of hydrogen-bond acceptors (Lipinski definition) is 7. The molecule has 2 aliphatic rings. The van der Waals surface area contributed by atoms with Crippen molar-refractivity contribution in [2.75, 3.05) is 27.3 Å². The van der Waals surface area contributed by atoms with Gasteiger partial charge in [0.15, 0.2) is 0 Å². The summed E-state index contributed by atoms with van der Waals surface area (Å²) in [7, 11) is 2.95. The molecule has 11 nitrogen and oxygen atoms in total. The Balaban J connectivity index is 1.12. The van der Waals surface area contributed by atoms with Crippen molar-refractivity contribution in [2.45, 2.75) is 90.3 Å². The largest absolute Gasteiger partial charge is 0.468 e. The number of carbonyl (C=O) groups is 3. The second-order valence-corrected chi connectivity index (χ2v) is 14.7. The number of nitrogens with zero attached hydrogens (tertiary/aromatic N) is 4. The summed E-state index contributed by atoms with van der Waals surface area (Å²) in [6, 6.07) is 16.6. The third-order valence-corrected chi connectivity index (χ3v) is 10.7. The lowest BCUT2D eigenvalue weighted by molar-refractivity contribution is -0.150. The summed E-state index contributed by atoms with van der Waals surface area (Å²) in [5.41, 5.74) is 6.05. The Hall–Kier alpha value is -4.77. The molecule has 0 spiro atoms. The third kappa shape index (κ3) is 7.84. The number of H-pyrrole nitrogens is 2. The van der Waals surface area contributed by atoms with E-state index in [1.807, 2.05) is 45.0 Å². The second kappa shape index (κ2) is 16.3. The molecule has 2 fully saturated rings. The van der Waals surface area contributed by atoms with E-state index in [1.165, 1.54) is 7.11 Å². The number of hydrogen-bond donors (Lipinski definition) is 2. The number of imidazole rings is 2. The van der Waals surface area contributed by atoms with Crippen LogP contribution in [0.3, 0.4) is 0 Å². The molecule has 1 saturated heterocycles. The van der Waals surface area contributed by atoms with Gasteiger partial charge in [-0.3, -0.25) is 14.4 Å². The van der Waals surface area contributed by atoms with Crippen molar-refractivity contribution in [1.82, 2.24) is 29.7 Å². The first-order valence-corrected chi connectivity index (χ1v) is 18.6. The first-order chi connectivity index (χ1) is 25.1. The molecule has 6 rings (SSSR count). The van der Waals surface area contributed by atoms with E-state index < -0.39 is 12.1 Å². The molecule has 4 aromatic rings. The standard InChI is InChI=1S/C41H52N6O5/c1-25(2)37(52-6)41(50)46-21-9-12-35(46)39-43-23-34(45-39)30-19-15-28(16-20-30)27-13-17-29(18-14-27)33-22-42-38(44-33)31-10-7-8-11-32(31)40(49)47(26(3)4)24-36(48)51-5/h13-20,22-23,25-26,31-32,35,37H,7-12,21,24H2,1-6H3,(H,42,44)(H,43,45). The lowest BCUT2D eigenvalue weighted by atomic mass is 9.77. The SMILES string of the molecule is COC(=O)CN(C(=O)C1CCCCC1c1ncc(-c2ccc(-c3ccc(-c4cnc(C5CCCN5C(=O)C(OC)C(C)C)[nH]4)cc3)cc2)[nH]1)C(C)C. The van der Waals surface area contributed by atoms with Gasteiger partial charge in [-0.2, -0.15) is 0 Å². The zero-order valence-corrected chi connectivity index (χ0v) is 31.2. The minimum atomic E-state index is -0.456. The number of rotatable bonds is 12. The molecule has 2 N–H and O–H groups in total. The van der Waals surface area contributed by atoms with Crippen molar-refractivity contribution in [3.05, 3.63) is 72.6 Å². The van der Waals surface area contributed by atoms with E-state index in [4.69, 9.17) is 19.4 Å². The Morgan fingerprint density at radius 2 is 1.35 bits per heavy atom. The van der Waals surface area contributed by atoms with Crippen LogP contribution in [0, 0.1) is 11.8 Å². The molecule has 4 unspecified atom stereocenters. The number of aromatic amines is 2. The number of likely N-dealkylation sites (tertiary alicyclic amines) is 1. The number of benzene rings is 2. The molecule has 2 aromatic heterocycles. The third-order valence-electron chi connectivity index (χ3n) is 10.7. The smallest absolute Gasteiger partial charge is 0.325 e. The molecule has 1 aliphatic carbocycles. The van der Waals surface area contributed by atoms with Gasteiger partial charge in [-0.05, 0) is 67.7 Å². The number of esters is 1. The highest BCUT2D eigenvalue weighted by atomic mass is 16.5. The fraction of sp³-hybridized carbons (Fsp3) is 0.488. The van der Waals surface area contributed by atoms with Crippen molar-refractivity contribution in [1.29, 1.82) is 0 Å². The summed E-state index contributed by atoms with van der Waals surface area (Å²) < 4.78 is 10.4. The highest BCUT2D eigenvalue weighted by Gasteiger charge is 2.38. The molecule has 4 atom stereocenters. The van der Waals surface area contributed by atoms with Crippen molar-refractivity contribution in [3.63, 3.8) is 0 Å². The predicted molar refractivity (Wildman–Crippen MR) is 200 cm³/mol. The van der Waals surface area contributed by atoms with Crippen molar-refractivity contribution in [2.24, 2.45) is 11.8 Å². The number of aromatic nitrogens is 4. The maximum Gasteiger partial charge on any atom is 0.325 e. The minimum Gasteiger partial charge on any atom is -0.468 e. The molecule has 3 heterocycles. The van der Waals surface area contributed by atoms with E-state index in [2.05, 4.69) is 58.5 Å². The van der Waals surface area contributed by atoms with Gasteiger partial charge in [-0.25, -0.2) is 9.97 Å².